The van der Waals surface area contributed by atoms with Gasteiger partial charge in [-0.2, -0.15) is 0 Å². The predicted octanol–water partition coefficient (Wildman–Crippen LogP) is 1.83. The van der Waals surface area contributed by atoms with Crippen LogP contribution < -0.4 is 5.32 Å². The third-order valence-corrected chi connectivity index (χ3v) is 3.47. The van der Waals surface area contributed by atoms with Crippen molar-refractivity contribution in [3.8, 4) is 0 Å². The fourth-order valence-electron chi connectivity index (χ4n) is 2.49. The van der Waals surface area contributed by atoms with Crippen LogP contribution in [0.4, 0.5) is 0 Å². The molecule has 1 N–H and O–H groups in total. The molecular weight excluding hydrogens is 224 g/mol. The molecule has 0 bridgehead atoms. The quantitative estimate of drug-likeness (QED) is 0.879. The average Bonchev–Trinajstić information content (AvgIpc) is 2.38. The lowest BCUT2D eigenvalue weighted by Crippen LogP contribution is -2.46. The number of rotatable bonds is 4. The zero-order valence-electron chi connectivity index (χ0n) is 11.1. The molecule has 0 aliphatic carbocycles. The summed E-state index contributed by atoms with van der Waals surface area (Å²) in [6, 6.07) is 10.5. The fraction of sp³-hybridized carbons (Fsp3) is 0.533. The van der Waals surface area contributed by atoms with Gasteiger partial charge >= 0.3 is 0 Å². The van der Waals surface area contributed by atoms with Crippen molar-refractivity contribution in [2.75, 3.05) is 20.1 Å². The third kappa shape index (κ3) is 4.15. The maximum absolute atomic E-state index is 11.9. The first kappa shape index (κ1) is 13.1. The molecule has 1 aliphatic heterocycles. The second-order valence-electron chi connectivity index (χ2n) is 5.15. The van der Waals surface area contributed by atoms with E-state index in [-0.39, 0.29) is 5.91 Å². The normalized spacial score (nSPS) is 20.6. The number of carbonyl (C=O) groups is 1. The van der Waals surface area contributed by atoms with Crippen LogP contribution in [-0.4, -0.2) is 37.0 Å². The largest absolute Gasteiger partial charge is 0.352 e. The van der Waals surface area contributed by atoms with E-state index < -0.39 is 0 Å². The van der Waals surface area contributed by atoms with E-state index in [0.29, 0.717) is 12.5 Å². The molecule has 0 aromatic heterocycles. The molecule has 0 saturated carbocycles. The van der Waals surface area contributed by atoms with E-state index >= 15 is 0 Å². The lowest BCUT2D eigenvalue weighted by atomic mass is 10.1. The van der Waals surface area contributed by atoms with Gasteiger partial charge in [-0.3, -0.25) is 4.79 Å². The summed E-state index contributed by atoms with van der Waals surface area (Å²) in [5.74, 6) is 0.180. The number of benzene rings is 1. The van der Waals surface area contributed by atoms with Crippen molar-refractivity contribution >= 4 is 5.91 Å². The van der Waals surface area contributed by atoms with E-state index in [1.54, 1.807) is 0 Å². The number of hydrogen-bond donors (Lipinski definition) is 1. The van der Waals surface area contributed by atoms with Gasteiger partial charge in [0.05, 0.1) is 0 Å². The van der Waals surface area contributed by atoms with Gasteiger partial charge in [-0.25, -0.2) is 0 Å². The van der Waals surface area contributed by atoms with Gasteiger partial charge in [-0.15, -0.1) is 0 Å². The van der Waals surface area contributed by atoms with Crippen molar-refractivity contribution in [2.24, 2.45) is 0 Å². The van der Waals surface area contributed by atoms with Crippen LogP contribution in [0.25, 0.3) is 0 Å². The molecule has 1 amide bonds. The fourth-order valence-corrected chi connectivity index (χ4v) is 2.49. The summed E-state index contributed by atoms with van der Waals surface area (Å²) in [5.41, 5.74) is 1.23. The number of amides is 1. The first-order chi connectivity index (χ1) is 8.74. The number of piperidine rings is 1. The van der Waals surface area contributed by atoms with Crippen LogP contribution in [0.1, 0.15) is 24.8 Å². The molecule has 1 unspecified atom stereocenters. The van der Waals surface area contributed by atoms with Gasteiger partial charge in [-0.1, -0.05) is 30.3 Å². The molecule has 2 rings (SSSR count). The Morgan fingerprint density at radius 3 is 2.89 bits per heavy atom. The van der Waals surface area contributed by atoms with Gasteiger partial charge in [-0.05, 0) is 38.4 Å². The summed E-state index contributed by atoms with van der Waals surface area (Å²) >= 11 is 0. The average molecular weight is 246 g/mol. The highest BCUT2D eigenvalue weighted by Gasteiger charge is 2.18. The van der Waals surface area contributed by atoms with Gasteiger partial charge < -0.3 is 10.2 Å². The summed E-state index contributed by atoms with van der Waals surface area (Å²) in [7, 11) is 2.11. The van der Waals surface area contributed by atoms with Gasteiger partial charge in [0.2, 0.25) is 5.91 Å². The molecule has 3 nitrogen and oxygen atoms in total. The van der Waals surface area contributed by atoms with Crippen LogP contribution in [-0.2, 0) is 11.2 Å². The zero-order chi connectivity index (χ0) is 12.8. The summed E-state index contributed by atoms with van der Waals surface area (Å²) < 4.78 is 0. The van der Waals surface area contributed by atoms with Gasteiger partial charge in [0, 0.05) is 19.0 Å². The predicted molar refractivity (Wildman–Crippen MR) is 73.4 cm³/mol. The number of nitrogens with zero attached hydrogens (tertiary/aromatic N) is 1. The lowest BCUT2D eigenvalue weighted by Gasteiger charge is -2.30. The number of hydrogen-bond acceptors (Lipinski definition) is 2. The summed E-state index contributed by atoms with van der Waals surface area (Å²) in [6.07, 6.45) is 3.71. The highest BCUT2D eigenvalue weighted by atomic mass is 16.1. The van der Waals surface area contributed by atoms with E-state index in [9.17, 15) is 4.79 Å². The minimum absolute atomic E-state index is 0.180. The molecule has 98 valence electrons. The zero-order valence-corrected chi connectivity index (χ0v) is 11.1. The Bertz CT molecular complexity index is 377. The Kier molecular flexibility index (Phi) is 4.76. The number of likely N-dealkylation sites (tertiary alicyclic amines) is 1. The number of carbonyl (C=O) groups excluding carboxylic acids is 1. The van der Waals surface area contributed by atoms with Gasteiger partial charge in [0.25, 0.3) is 0 Å². The van der Waals surface area contributed by atoms with Gasteiger partial charge in [0.15, 0.2) is 0 Å². The van der Waals surface area contributed by atoms with E-state index in [1.165, 1.54) is 12.0 Å². The van der Waals surface area contributed by atoms with Crippen LogP contribution in [0.15, 0.2) is 30.3 Å². The molecule has 18 heavy (non-hydrogen) atoms. The maximum atomic E-state index is 11.9. The Morgan fingerprint density at radius 2 is 2.17 bits per heavy atom. The number of aryl methyl sites for hydroxylation is 1. The van der Waals surface area contributed by atoms with Crippen LogP contribution >= 0.6 is 0 Å². The van der Waals surface area contributed by atoms with Crippen LogP contribution in [0, 0.1) is 0 Å². The molecule has 1 aromatic carbocycles. The Labute approximate surface area is 109 Å². The second kappa shape index (κ2) is 6.55. The summed E-state index contributed by atoms with van der Waals surface area (Å²) in [5, 5.41) is 3.14. The van der Waals surface area contributed by atoms with Crippen LogP contribution in [0.5, 0.6) is 0 Å². The van der Waals surface area contributed by atoms with E-state index in [1.807, 2.05) is 18.2 Å². The van der Waals surface area contributed by atoms with Crippen molar-refractivity contribution in [1.29, 1.82) is 0 Å². The van der Waals surface area contributed by atoms with Crippen molar-refractivity contribution in [1.82, 2.24) is 10.2 Å². The first-order valence-electron chi connectivity index (χ1n) is 6.76. The maximum Gasteiger partial charge on any atom is 0.220 e. The highest BCUT2D eigenvalue weighted by molar-refractivity contribution is 5.76. The Morgan fingerprint density at radius 1 is 1.39 bits per heavy atom. The van der Waals surface area contributed by atoms with Crippen LogP contribution in [0.2, 0.25) is 0 Å². The molecule has 1 saturated heterocycles. The first-order valence-corrected chi connectivity index (χ1v) is 6.76. The number of nitrogens with one attached hydrogen (secondary N) is 1. The molecule has 3 heteroatoms. The molecule has 1 atom stereocenters. The van der Waals surface area contributed by atoms with E-state index in [2.05, 4.69) is 29.4 Å². The van der Waals surface area contributed by atoms with Crippen molar-refractivity contribution < 1.29 is 4.79 Å². The third-order valence-electron chi connectivity index (χ3n) is 3.47. The molecule has 1 aliphatic rings. The van der Waals surface area contributed by atoms with Gasteiger partial charge in [0.1, 0.15) is 0 Å². The molecule has 0 spiro atoms. The van der Waals surface area contributed by atoms with E-state index in [4.69, 9.17) is 0 Å². The molecular formula is C15H22N2O. The van der Waals surface area contributed by atoms with Crippen molar-refractivity contribution in [2.45, 2.75) is 31.7 Å². The van der Waals surface area contributed by atoms with Crippen molar-refractivity contribution in [3.05, 3.63) is 35.9 Å². The Hall–Kier alpha value is -1.35. The highest BCUT2D eigenvalue weighted by Crippen LogP contribution is 2.08. The summed E-state index contributed by atoms with van der Waals surface area (Å²) in [4.78, 5) is 14.1. The monoisotopic (exact) mass is 246 g/mol. The second-order valence-corrected chi connectivity index (χ2v) is 5.15. The lowest BCUT2D eigenvalue weighted by molar-refractivity contribution is -0.122. The molecule has 0 radical (unpaired) electrons. The van der Waals surface area contributed by atoms with Crippen LogP contribution in [0.3, 0.4) is 0 Å². The topological polar surface area (TPSA) is 32.3 Å². The molecule has 1 heterocycles. The minimum atomic E-state index is 0.180. The van der Waals surface area contributed by atoms with E-state index in [0.717, 1.165) is 25.9 Å². The number of likely N-dealkylation sites (N-methyl/N-ethyl adjacent to an activating group) is 1. The minimum Gasteiger partial charge on any atom is -0.352 e. The molecule has 1 fully saturated rings. The summed E-state index contributed by atoms with van der Waals surface area (Å²) in [6.45, 7) is 2.13. The Balaban J connectivity index is 1.72. The standard InChI is InChI=1S/C15H22N2O/c1-17-11-5-8-14(12-17)16-15(18)10-9-13-6-3-2-4-7-13/h2-4,6-7,14H,5,8-12H2,1H3,(H,16,18). The SMILES string of the molecule is CN1CCCC(NC(=O)CCc2ccccc2)C1. The van der Waals surface area contributed by atoms with Crippen molar-refractivity contribution in [3.63, 3.8) is 0 Å². The molecule has 1 aromatic rings. The smallest absolute Gasteiger partial charge is 0.220 e.